The number of methoxy groups -OCH3 is 1. The van der Waals surface area contributed by atoms with Crippen molar-refractivity contribution in [2.75, 3.05) is 32.6 Å². The fraction of sp³-hybridized carbons (Fsp3) is 0.304. The van der Waals surface area contributed by atoms with Crippen molar-refractivity contribution in [2.24, 2.45) is 0 Å². The van der Waals surface area contributed by atoms with E-state index in [1.165, 1.54) is 0 Å². The lowest BCUT2D eigenvalue weighted by molar-refractivity contribution is 0.0958. The second kappa shape index (κ2) is 9.70. The van der Waals surface area contributed by atoms with Crippen molar-refractivity contribution in [2.45, 2.75) is 19.4 Å². The number of ether oxygens (including phenoxy) is 1. The maximum atomic E-state index is 12.6. The van der Waals surface area contributed by atoms with Gasteiger partial charge in [-0.1, -0.05) is 0 Å². The molecule has 3 aromatic rings. The molecule has 170 valence electrons. The minimum atomic E-state index is -0.266. The first kappa shape index (κ1) is 22.3. The largest absolute Gasteiger partial charge is 0.380 e. The molecule has 10 nitrogen and oxygen atoms in total. The van der Waals surface area contributed by atoms with Gasteiger partial charge < -0.3 is 20.3 Å². The molecule has 3 amide bonds. The van der Waals surface area contributed by atoms with E-state index in [2.05, 4.69) is 30.8 Å². The molecule has 0 aromatic carbocycles. The molecule has 1 atom stereocenters. The lowest BCUT2D eigenvalue weighted by Crippen LogP contribution is -2.33. The lowest BCUT2D eigenvalue weighted by Gasteiger charge is -2.17. The number of hydrogen-bond donors (Lipinski definition) is 2. The van der Waals surface area contributed by atoms with Gasteiger partial charge in [0, 0.05) is 50.3 Å². The van der Waals surface area contributed by atoms with Gasteiger partial charge in [-0.2, -0.15) is 10.2 Å². The number of aromatic nitrogens is 4. The van der Waals surface area contributed by atoms with Crippen molar-refractivity contribution < 1.29 is 14.3 Å². The zero-order chi connectivity index (χ0) is 23.4. The molecule has 0 spiro atoms. The van der Waals surface area contributed by atoms with Crippen molar-refractivity contribution in [3.8, 4) is 22.4 Å². The number of rotatable bonds is 5. The van der Waals surface area contributed by atoms with E-state index in [-0.39, 0.29) is 18.0 Å². The molecule has 1 fully saturated rings. The standard InChI is InChI=1S/C23H25N7O3/c1-14-19(10-17(12-26-14)28-23(32)30-7-5-18(13-30)33-3)20-9-16(11-27-29-20)15-4-6-25-21(8-15)22(31)24-2/h4,6,8-12,18H,5,7,13H2,1-3H3,(H,24,31)(H,28,32)/t18-/m1/s1. The Morgan fingerprint density at radius 1 is 1.15 bits per heavy atom. The summed E-state index contributed by atoms with van der Waals surface area (Å²) >= 11 is 0. The van der Waals surface area contributed by atoms with Crippen LogP contribution in [0.3, 0.4) is 0 Å². The number of aryl methyl sites for hydroxylation is 1. The van der Waals surface area contributed by atoms with Crippen LogP contribution in [0.4, 0.5) is 10.5 Å². The first-order valence-corrected chi connectivity index (χ1v) is 10.6. The van der Waals surface area contributed by atoms with Crippen LogP contribution in [-0.4, -0.2) is 70.4 Å². The Morgan fingerprint density at radius 3 is 2.76 bits per heavy atom. The Hall–Kier alpha value is -3.92. The molecule has 0 unspecified atom stereocenters. The van der Waals surface area contributed by atoms with Gasteiger partial charge in [-0.05, 0) is 43.2 Å². The monoisotopic (exact) mass is 447 g/mol. The van der Waals surface area contributed by atoms with Crippen LogP contribution in [0, 0.1) is 6.92 Å². The molecule has 1 saturated heterocycles. The maximum absolute atomic E-state index is 12.6. The summed E-state index contributed by atoms with van der Waals surface area (Å²) in [7, 11) is 3.21. The molecule has 0 bridgehead atoms. The predicted molar refractivity (Wildman–Crippen MR) is 123 cm³/mol. The van der Waals surface area contributed by atoms with Gasteiger partial charge in [-0.25, -0.2) is 4.79 Å². The van der Waals surface area contributed by atoms with Crippen molar-refractivity contribution in [3.05, 3.63) is 54.2 Å². The normalized spacial score (nSPS) is 15.4. The van der Waals surface area contributed by atoms with E-state index in [9.17, 15) is 9.59 Å². The third-order valence-corrected chi connectivity index (χ3v) is 5.59. The SMILES string of the molecule is CNC(=O)c1cc(-c2cnnc(-c3cc(NC(=O)N4CC[C@@H](OC)C4)cnc3C)c2)ccn1. The number of pyridine rings is 2. The molecule has 4 heterocycles. The van der Waals surface area contributed by atoms with Crippen LogP contribution in [0.5, 0.6) is 0 Å². The summed E-state index contributed by atoms with van der Waals surface area (Å²) in [5.74, 6) is -0.266. The summed E-state index contributed by atoms with van der Waals surface area (Å²) in [6, 6.07) is 7.02. The number of carbonyl (C=O) groups excluding carboxylic acids is 2. The van der Waals surface area contributed by atoms with Crippen molar-refractivity contribution in [1.29, 1.82) is 0 Å². The number of carbonyl (C=O) groups is 2. The summed E-state index contributed by atoms with van der Waals surface area (Å²) in [6.07, 6.45) is 5.71. The minimum Gasteiger partial charge on any atom is -0.380 e. The Balaban J connectivity index is 1.58. The van der Waals surface area contributed by atoms with Gasteiger partial charge in [0.15, 0.2) is 0 Å². The molecule has 1 aliphatic heterocycles. The Labute approximate surface area is 191 Å². The number of amides is 3. The third kappa shape index (κ3) is 4.96. The van der Waals surface area contributed by atoms with E-state index in [1.54, 1.807) is 49.8 Å². The summed E-state index contributed by atoms with van der Waals surface area (Å²) in [6.45, 7) is 3.08. The van der Waals surface area contributed by atoms with Crippen LogP contribution in [0.15, 0.2) is 42.9 Å². The summed E-state index contributed by atoms with van der Waals surface area (Å²) in [5.41, 5.74) is 4.56. The highest BCUT2D eigenvalue weighted by Gasteiger charge is 2.26. The molecular weight excluding hydrogens is 422 g/mol. The van der Waals surface area contributed by atoms with E-state index in [0.29, 0.717) is 30.2 Å². The number of likely N-dealkylation sites (tertiary alicyclic amines) is 1. The number of hydrogen-bond acceptors (Lipinski definition) is 7. The highest BCUT2D eigenvalue weighted by atomic mass is 16.5. The number of urea groups is 1. The van der Waals surface area contributed by atoms with E-state index in [1.807, 2.05) is 19.1 Å². The molecular formula is C23H25N7O3. The second-order valence-corrected chi connectivity index (χ2v) is 7.72. The van der Waals surface area contributed by atoms with Crippen LogP contribution < -0.4 is 10.6 Å². The molecule has 2 N–H and O–H groups in total. The molecule has 3 aromatic heterocycles. The summed E-state index contributed by atoms with van der Waals surface area (Å²) in [4.78, 5) is 34.8. The molecule has 1 aliphatic rings. The second-order valence-electron chi connectivity index (χ2n) is 7.72. The minimum absolute atomic E-state index is 0.0672. The average Bonchev–Trinajstić information content (AvgIpc) is 3.34. The maximum Gasteiger partial charge on any atom is 0.321 e. The van der Waals surface area contributed by atoms with Crippen LogP contribution in [0.25, 0.3) is 22.4 Å². The first-order valence-electron chi connectivity index (χ1n) is 10.6. The van der Waals surface area contributed by atoms with Gasteiger partial charge >= 0.3 is 6.03 Å². The summed E-state index contributed by atoms with van der Waals surface area (Å²) < 4.78 is 5.33. The Morgan fingerprint density at radius 2 is 2.00 bits per heavy atom. The van der Waals surface area contributed by atoms with Gasteiger partial charge in [0.05, 0.1) is 29.9 Å². The fourth-order valence-corrected chi connectivity index (χ4v) is 3.69. The highest BCUT2D eigenvalue weighted by Crippen LogP contribution is 2.27. The first-order chi connectivity index (χ1) is 16.0. The molecule has 0 aliphatic carbocycles. The van der Waals surface area contributed by atoms with Crippen molar-refractivity contribution in [3.63, 3.8) is 0 Å². The molecule has 10 heteroatoms. The van der Waals surface area contributed by atoms with Crippen LogP contribution in [-0.2, 0) is 4.74 Å². The van der Waals surface area contributed by atoms with Crippen molar-refractivity contribution in [1.82, 2.24) is 30.4 Å². The van der Waals surface area contributed by atoms with E-state index < -0.39 is 0 Å². The van der Waals surface area contributed by atoms with E-state index in [0.717, 1.165) is 28.8 Å². The lowest BCUT2D eigenvalue weighted by atomic mass is 10.0. The third-order valence-electron chi connectivity index (χ3n) is 5.59. The van der Waals surface area contributed by atoms with Crippen LogP contribution in [0.1, 0.15) is 22.6 Å². The van der Waals surface area contributed by atoms with Crippen LogP contribution >= 0.6 is 0 Å². The zero-order valence-corrected chi connectivity index (χ0v) is 18.7. The summed E-state index contributed by atoms with van der Waals surface area (Å²) in [5, 5.41) is 13.9. The highest BCUT2D eigenvalue weighted by molar-refractivity contribution is 5.93. The number of anilines is 1. The molecule has 0 saturated carbocycles. The van der Waals surface area contributed by atoms with E-state index >= 15 is 0 Å². The van der Waals surface area contributed by atoms with Gasteiger partial charge in [-0.3, -0.25) is 14.8 Å². The van der Waals surface area contributed by atoms with Gasteiger partial charge in [-0.15, -0.1) is 0 Å². The number of nitrogens with one attached hydrogen (secondary N) is 2. The average molecular weight is 447 g/mol. The fourth-order valence-electron chi connectivity index (χ4n) is 3.69. The topological polar surface area (TPSA) is 122 Å². The quantitative estimate of drug-likeness (QED) is 0.616. The smallest absolute Gasteiger partial charge is 0.321 e. The van der Waals surface area contributed by atoms with Crippen LogP contribution in [0.2, 0.25) is 0 Å². The van der Waals surface area contributed by atoms with Gasteiger partial charge in [0.25, 0.3) is 5.91 Å². The van der Waals surface area contributed by atoms with E-state index in [4.69, 9.17) is 4.74 Å². The van der Waals surface area contributed by atoms with Crippen molar-refractivity contribution >= 4 is 17.6 Å². The molecule has 0 radical (unpaired) electrons. The molecule has 33 heavy (non-hydrogen) atoms. The predicted octanol–water partition coefficient (Wildman–Crippen LogP) is 2.52. The number of nitrogens with zero attached hydrogens (tertiary/aromatic N) is 5. The Kier molecular flexibility index (Phi) is 6.55. The van der Waals surface area contributed by atoms with Gasteiger partial charge in [0.1, 0.15) is 5.69 Å². The Bertz CT molecular complexity index is 1180. The van der Waals surface area contributed by atoms with Gasteiger partial charge in [0.2, 0.25) is 0 Å². The zero-order valence-electron chi connectivity index (χ0n) is 18.7. The molecule has 4 rings (SSSR count).